The number of nitrogens with one attached hydrogen (secondary N) is 1. The van der Waals surface area contributed by atoms with Crippen LogP contribution in [0.1, 0.15) is 5.56 Å². The molecule has 1 amide bonds. The summed E-state index contributed by atoms with van der Waals surface area (Å²) in [6, 6.07) is 18.7. The molecule has 0 bridgehead atoms. The van der Waals surface area contributed by atoms with Crippen LogP contribution in [0.2, 0.25) is 0 Å². The molecule has 1 heterocycles. The van der Waals surface area contributed by atoms with E-state index in [0.717, 1.165) is 5.69 Å². The number of benzene rings is 3. The van der Waals surface area contributed by atoms with E-state index < -0.39 is 10.8 Å². The molecule has 3 aromatic carbocycles. The van der Waals surface area contributed by atoms with Gasteiger partial charge < -0.3 is 9.47 Å². The standard InChI is InChI=1S/C24H21N5O4/c1-27(2)20-12-11-17(29(32)33)13-16(20)14-25-26-23(30)15-28-21-9-5-3-7-18(21)24(31)19-8-4-6-10-22(19)28/h3-14H,15H2,1-2H3,(H,26,30). The third-order valence-corrected chi connectivity index (χ3v) is 5.28. The summed E-state index contributed by atoms with van der Waals surface area (Å²) < 4.78 is 1.77. The second kappa shape index (κ2) is 8.91. The van der Waals surface area contributed by atoms with Crippen molar-refractivity contribution in [3.8, 4) is 0 Å². The number of amides is 1. The Hall–Kier alpha value is -4.53. The fourth-order valence-electron chi connectivity index (χ4n) is 3.77. The lowest BCUT2D eigenvalue weighted by atomic mass is 10.1. The fourth-order valence-corrected chi connectivity index (χ4v) is 3.77. The quantitative estimate of drug-likeness (QED) is 0.213. The highest BCUT2D eigenvalue weighted by molar-refractivity contribution is 5.95. The lowest BCUT2D eigenvalue weighted by Crippen LogP contribution is -2.25. The first kappa shape index (κ1) is 21.7. The number of nitro groups is 1. The Morgan fingerprint density at radius 3 is 2.24 bits per heavy atom. The predicted octanol–water partition coefficient (Wildman–Crippen LogP) is 3.28. The number of carbonyl (C=O) groups is 1. The molecule has 4 aromatic rings. The lowest BCUT2D eigenvalue weighted by Gasteiger charge is -2.15. The zero-order chi connectivity index (χ0) is 23.5. The molecule has 0 spiro atoms. The Morgan fingerprint density at radius 2 is 1.67 bits per heavy atom. The Morgan fingerprint density at radius 1 is 1.06 bits per heavy atom. The van der Waals surface area contributed by atoms with Crippen molar-refractivity contribution in [2.75, 3.05) is 19.0 Å². The predicted molar refractivity (Wildman–Crippen MR) is 129 cm³/mol. The van der Waals surface area contributed by atoms with Gasteiger partial charge in [-0.15, -0.1) is 0 Å². The molecule has 33 heavy (non-hydrogen) atoms. The van der Waals surface area contributed by atoms with E-state index in [1.807, 2.05) is 26.2 Å². The molecule has 166 valence electrons. The highest BCUT2D eigenvalue weighted by Gasteiger charge is 2.13. The second-order valence-electron chi connectivity index (χ2n) is 7.64. The van der Waals surface area contributed by atoms with Crippen LogP contribution < -0.4 is 15.8 Å². The van der Waals surface area contributed by atoms with Gasteiger partial charge in [0, 0.05) is 48.3 Å². The van der Waals surface area contributed by atoms with Crippen LogP contribution in [0.5, 0.6) is 0 Å². The van der Waals surface area contributed by atoms with Gasteiger partial charge in [-0.3, -0.25) is 19.7 Å². The van der Waals surface area contributed by atoms with Crippen LogP contribution in [0.3, 0.4) is 0 Å². The Labute approximate surface area is 188 Å². The van der Waals surface area contributed by atoms with Crippen LogP contribution in [0.4, 0.5) is 11.4 Å². The van der Waals surface area contributed by atoms with E-state index in [1.165, 1.54) is 18.3 Å². The average Bonchev–Trinajstić information content (AvgIpc) is 2.81. The number of nitro benzene ring substituents is 1. The van der Waals surface area contributed by atoms with Gasteiger partial charge in [0.2, 0.25) is 0 Å². The number of pyridine rings is 1. The molecule has 1 N–H and O–H groups in total. The SMILES string of the molecule is CN(C)c1ccc([N+](=O)[O-])cc1C=NNC(=O)Cn1c2ccccc2c(=O)c2ccccc21. The number of para-hydroxylation sites is 2. The first-order chi connectivity index (χ1) is 15.9. The van der Waals surface area contributed by atoms with Crippen molar-refractivity contribution in [1.29, 1.82) is 0 Å². The molecule has 4 rings (SSSR count). The molecule has 0 unspecified atom stereocenters. The normalized spacial score (nSPS) is 11.2. The van der Waals surface area contributed by atoms with Crippen molar-refractivity contribution in [3.05, 3.63) is 92.6 Å². The number of hydrazone groups is 1. The maximum atomic E-state index is 12.8. The van der Waals surface area contributed by atoms with E-state index in [-0.39, 0.29) is 17.7 Å². The number of rotatable bonds is 6. The molecule has 1 aromatic heterocycles. The summed E-state index contributed by atoms with van der Waals surface area (Å²) in [7, 11) is 3.62. The molecule has 0 saturated carbocycles. The van der Waals surface area contributed by atoms with E-state index in [9.17, 15) is 19.7 Å². The van der Waals surface area contributed by atoms with Gasteiger partial charge >= 0.3 is 0 Å². The fraction of sp³-hybridized carbons (Fsp3) is 0.125. The summed E-state index contributed by atoms with van der Waals surface area (Å²) >= 11 is 0. The molecule has 0 radical (unpaired) electrons. The molecule has 0 aliphatic heterocycles. The Kier molecular flexibility index (Phi) is 5.86. The number of carbonyl (C=O) groups excluding carboxylic acids is 1. The first-order valence-corrected chi connectivity index (χ1v) is 10.1. The summed E-state index contributed by atoms with van der Waals surface area (Å²) in [5, 5.41) is 16.2. The second-order valence-corrected chi connectivity index (χ2v) is 7.64. The molecule has 0 aliphatic carbocycles. The summed E-state index contributed by atoms with van der Waals surface area (Å²) in [6.07, 6.45) is 1.38. The summed E-state index contributed by atoms with van der Waals surface area (Å²) in [5.74, 6) is -0.401. The highest BCUT2D eigenvalue weighted by atomic mass is 16.6. The minimum absolute atomic E-state index is 0.0614. The molecule has 9 heteroatoms. The van der Waals surface area contributed by atoms with Gasteiger partial charge in [0.05, 0.1) is 22.2 Å². The molecular formula is C24H21N5O4. The highest BCUT2D eigenvalue weighted by Crippen LogP contribution is 2.23. The van der Waals surface area contributed by atoms with Gasteiger partial charge in [-0.05, 0) is 30.3 Å². The minimum atomic E-state index is -0.484. The van der Waals surface area contributed by atoms with E-state index in [2.05, 4.69) is 10.5 Å². The van der Waals surface area contributed by atoms with Crippen LogP contribution in [-0.4, -0.2) is 35.7 Å². The number of hydrogen-bond acceptors (Lipinski definition) is 6. The van der Waals surface area contributed by atoms with E-state index in [1.54, 1.807) is 51.9 Å². The van der Waals surface area contributed by atoms with Crippen molar-refractivity contribution < 1.29 is 9.72 Å². The Balaban J connectivity index is 1.64. The number of anilines is 1. The van der Waals surface area contributed by atoms with Crippen molar-refractivity contribution in [2.45, 2.75) is 6.54 Å². The van der Waals surface area contributed by atoms with Crippen molar-refractivity contribution in [1.82, 2.24) is 9.99 Å². The number of hydrogen-bond donors (Lipinski definition) is 1. The monoisotopic (exact) mass is 443 g/mol. The molecule has 0 saturated heterocycles. The van der Waals surface area contributed by atoms with Gasteiger partial charge in [-0.1, -0.05) is 24.3 Å². The van der Waals surface area contributed by atoms with Gasteiger partial charge in [0.15, 0.2) is 5.43 Å². The number of non-ortho nitro benzene ring substituents is 1. The van der Waals surface area contributed by atoms with Gasteiger partial charge in [0.25, 0.3) is 11.6 Å². The zero-order valence-corrected chi connectivity index (χ0v) is 18.1. The maximum Gasteiger partial charge on any atom is 0.270 e. The van der Waals surface area contributed by atoms with Gasteiger partial charge in [0.1, 0.15) is 6.54 Å². The van der Waals surface area contributed by atoms with Gasteiger partial charge in [-0.2, -0.15) is 5.10 Å². The topological polar surface area (TPSA) is 110 Å². The molecule has 0 aliphatic rings. The van der Waals surface area contributed by atoms with Crippen LogP contribution in [0.15, 0.2) is 76.6 Å². The first-order valence-electron chi connectivity index (χ1n) is 10.1. The number of fused-ring (bicyclic) bond motifs is 2. The van der Waals surface area contributed by atoms with E-state index >= 15 is 0 Å². The molecule has 0 atom stereocenters. The van der Waals surface area contributed by atoms with Crippen LogP contribution >= 0.6 is 0 Å². The average molecular weight is 443 g/mol. The minimum Gasteiger partial charge on any atom is -0.377 e. The van der Waals surface area contributed by atoms with E-state index in [0.29, 0.717) is 27.4 Å². The Bertz CT molecular complexity index is 1410. The molecular weight excluding hydrogens is 422 g/mol. The summed E-state index contributed by atoms with van der Waals surface area (Å²) in [4.78, 5) is 38.0. The van der Waals surface area contributed by atoms with Crippen molar-refractivity contribution in [3.63, 3.8) is 0 Å². The summed E-state index contributed by atoms with van der Waals surface area (Å²) in [5.41, 5.74) is 4.83. The van der Waals surface area contributed by atoms with Crippen molar-refractivity contribution in [2.24, 2.45) is 5.10 Å². The van der Waals surface area contributed by atoms with Crippen molar-refractivity contribution >= 4 is 45.3 Å². The summed E-state index contributed by atoms with van der Waals surface area (Å²) in [6.45, 7) is -0.0614. The molecule has 9 nitrogen and oxygen atoms in total. The van der Waals surface area contributed by atoms with Crippen LogP contribution in [0.25, 0.3) is 21.8 Å². The molecule has 0 fully saturated rings. The number of nitrogens with zero attached hydrogens (tertiary/aromatic N) is 4. The largest absolute Gasteiger partial charge is 0.377 e. The third-order valence-electron chi connectivity index (χ3n) is 5.28. The number of aromatic nitrogens is 1. The lowest BCUT2D eigenvalue weighted by molar-refractivity contribution is -0.384. The smallest absolute Gasteiger partial charge is 0.270 e. The zero-order valence-electron chi connectivity index (χ0n) is 18.1. The van der Waals surface area contributed by atoms with Gasteiger partial charge in [-0.25, -0.2) is 5.43 Å². The maximum absolute atomic E-state index is 12.8. The third kappa shape index (κ3) is 4.29. The van der Waals surface area contributed by atoms with E-state index in [4.69, 9.17) is 0 Å². The van der Waals surface area contributed by atoms with Crippen LogP contribution in [-0.2, 0) is 11.3 Å². The van der Waals surface area contributed by atoms with Crippen LogP contribution in [0, 0.1) is 10.1 Å².